The highest BCUT2D eigenvalue weighted by atomic mass is 32.2. The Morgan fingerprint density at radius 3 is 2.16 bits per heavy atom. The van der Waals surface area contributed by atoms with Crippen LogP contribution in [-0.2, 0) is 19.6 Å². The Hall–Kier alpha value is -2.00. The summed E-state index contributed by atoms with van der Waals surface area (Å²) in [6, 6.07) is 4.55. The van der Waals surface area contributed by atoms with E-state index in [2.05, 4.69) is 0 Å². The third-order valence-corrected chi connectivity index (χ3v) is 5.57. The SMILES string of the molecule is CN(CCCC(=O)O)C(=O)CCCN(C)S(=O)(=O)c1ccc(F)cc1. The molecule has 1 aromatic carbocycles. The van der Waals surface area contributed by atoms with Crippen LogP contribution in [0, 0.1) is 5.82 Å². The van der Waals surface area contributed by atoms with Gasteiger partial charge in [-0.05, 0) is 37.1 Å². The maximum Gasteiger partial charge on any atom is 0.303 e. The van der Waals surface area contributed by atoms with Crippen LogP contribution in [0.3, 0.4) is 0 Å². The van der Waals surface area contributed by atoms with Crippen molar-refractivity contribution in [2.75, 3.05) is 27.2 Å². The predicted octanol–water partition coefficient (Wildman–Crippen LogP) is 1.55. The molecule has 0 atom stereocenters. The number of carboxylic acids is 1. The Labute approximate surface area is 147 Å². The van der Waals surface area contributed by atoms with E-state index in [9.17, 15) is 22.4 Å². The Bertz CT molecular complexity index is 691. The van der Waals surface area contributed by atoms with E-state index in [0.717, 1.165) is 16.4 Å². The van der Waals surface area contributed by atoms with Crippen LogP contribution in [0.2, 0.25) is 0 Å². The van der Waals surface area contributed by atoms with Gasteiger partial charge in [0, 0.05) is 40.0 Å². The Morgan fingerprint density at radius 1 is 1.04 bits per heavy atom. The number of benzene rings is 1. The number of carbonyl (C=O) groups is 2. The molecule has 0 unspecified atom stereocenters. The molecule has 0 saturated heterocycles. The number of carboxylic acid groups (broad SMARTS) is 1. The van der Waals surface area contributed by atoms with Crippen LogP contribution in [-0.4, -0.2) is 61.8 Å². The van der Waals surface area contributed by atoms with E-state index in [1.807, 2.05) is 0 Å². The molecule has 0 bridgehead atoms. The molecule has 0 aliphatic rings. The highest BCUT2D eigenvalue weighted by Crippen LogP contribution is 2.15. The lowest BCUT2D eigenvalue weighted by Crippen LogP contribution is -2.31. The zero-order chi connectivity index (χ0) is 19.0. The normalized spacial score (nSPS) is 11.5. The second-order valence-corrected chi connectivity index (χ2v) is 7.74. The summed E-state index contributed by atoms with van der Waals surface area (Å²) in [5.74, 6) is -1.59. The van der Waals surface area contributed by atoms with Crippen LogP contribution in [0.25, 0.3) is 0 Å². The molecule has 0 heterocycles. The molecule has 1 rings (SSSR count). The van der Waals surface area contributed by atoms with Crippen LogP contribution in [0.5, 0.6) is 0 Å². The number of nitrogens with zero attached hydrogens (tertiary/aromatic N) is 2. The summed E-state index contributed by atoms with van der Waals surface area (Å²) in [6.45, 7) is 0.489. The molecule has 0 radical (unpaired) electrons. The van der Waals surface area contributed by atoms with Gasteiger partial charge in [-0.3, -0.25) is 9.59 Å². The number of aliphatic carboxylic acids is 1. The number of halogens is 1. The highest BCUT2D eigenvalue weighted by Gasteiger charge is 2.20. The van der Waals surface area contributed by atoms with Gasteiger partial charge in [-0.15, -0.1) is 0 Å². The molecule has 140 valence electrons. The number of carbonyl (C=O) groups excluding carboxylic acids is 1. The van der Waals surface area contributed by atoms with Gasteiger partial charge in [-0.25, -0.2) is 17.1 Å². The fourth-order valence-corrected chi connectivity index (χ4v) is 3.35. The van der Waals surface area contributed by atoms with Crippen molar-refractivity contribution in [1.29, 1.82) is 0 Å². The van der Waals surface area contributed by atoms with Crippen LogP contribution < -0.4 is 0 Å². The molecule has 1 aromatic rings. The van der Waals surface area contributed by atoms with E-state index in [1.165, 1.54) is 24.1 Å². The average Bonchev–Trinajstić information content (AvgIpc) is 2.54. The molecule has 0 aliphatic carbocycles. The minimum absolute atomic E-state index is 0.00370. The summed E-state index contributed by atoms with van der Waals surface area (Å²) >= 11 is 0. The summed E-state index contributed by atoms with van der Waals surface area (Å²) in [5, 5.41) is 8.57. The lowest BCUT2D eigenvalue weighted by molar-refractivity contribution is -0.138. The topological polar surface area (TPSA) is 95.0 Å². The number of rotatable bonds is 10. The third kappa shape index (κ3) is 6.79. The second-order valence-electron chi connectivity index (χ2n) is 5.70. The Kier molecular flexibility index (Phi) is 7.98. The van der Waals surface area contributed by atoms with Gasteiger partial charge in [0.1, 0.15) is 5.82 Å². The largest absolute Gasteiger partial charge is 0.481 e. The van der Waals surface area contributed by atoms with E-state index >= 15 is 0 Å². The molecular formula is C16H23FN2O5S. The monoisotopic (exact) mass is 374 g/mol. The van der Waals surface area contributed by atoms with Crippen molar-refractivity contribution in [1.82, 2.24) is 9.21 Å². The van der Waals surface area contributed by atoms with Crippen LogP contribution in [0.4, 0.5) is 4.39 Å². The van der Waals surface area contributed by atoms with Crippen molar-refractivity contribution >= 4 is 21.9 Å². The molecule has 1 amide bonds. The molecular weight excluding hydrogens is 351 g/mol. The lowest BCUT2D eigenvalue weighted by atomic mass is 10.2. The molecule has 0 aromatic heterocycles. The quantitative estimate of drug-likeness (QED) is 0.670. The number of hydrogen-bond acceptors (Lipinski definition) is 4. The van der Waals surface area contributed by atoms with Crippen LogP contribution in [0.1, 0.15) is 25.7 Å². The first kappa shape index (κ1) is 21.0. The van der Waals surface area contributed by atoms with E-state index in [0.29, 0.717) is 19.4 Å². The van der Waals surface area contributed by atoms with E-state index < -0.39 is 21.8 Å². The number of sulfonamides is 1. The van der Waals surface area contributed by atoms with Gasteiger partial charge in [0.2, 0.25) is 15.9 Å². The first-order valence-electron chi connectivity index (χ1n) is 7.82. The van der Waals surface area contributed by atoms with Gasteiger partial charge < -0.3 is 10.0 Å². The number of hydrogen-bond donors (Lipinski definition) is 1. The molecule has 0 fully saturated rings. The number of amides is 1. The summed E-state index contributed by atoms with van der Waals surface area (Å²) in [6.07, 6.45) is 0.860. The van der Waals surface area contributed by atoms with Crippen molar-refractivity contribution in [3.05, 3.63) is 30.1 Å². The first-order valence-corrected chi connectivity index (χ1v) is 9.26. The van der Waals surface area contributed by atoms with Crippen molar-refractivity contribution in [2.45, 2.75) is 30.6 Å². The average molecular weight is 374 g/mol. The zero-order valence-corrected chi connectivity index (χ0v) is 15.1. The third-order valence-electron chi connectivity index (χ3n) is 3.70. The van der Waals surface area contributed by atoms with E-state index in [4.69, 9.17) is 5.11 Å². The van der Waals surface area contributed by atoms with Gasteiger partial charge in [-0.2, -0.15) is 0 Å². The molecule has 9 heteroatoms. The second kappa shape index (κ2) is 9.47. The summed E-state index contributed by atoms with van der Waals surface area (Å²) in [7, 11) is -0.732. The van der Waals surface area contributed by atoms with Crippen molar-refractivity contribution in [2.24, 2.45) is 0 Å². The summed E-state index contributed by atoms with van der Waals surface area (Å²) < 4.78 is 38.6. The van der Waals surface area contributed by atoms with Crippen LogP contribution in [0.15, 0.2) is 29.2 Å². The van der Waals surface area contributed by atoms with Gasteiger partial charge in [0.25, 0.3) is 0 Å². The smallest absolute Gasteiger partial charge is 0.303 e. The maximum atomic E-state index is 12.9. The lowest BCUT2D eigenvalue weighted by Gasteiger charge is -2.19. The van der Waals surface area contributed by atoms with Gasteiger partial charge >= 0.3 is 5.97 Å². The molecule has 0 spiro atoms. The standard InChI is InChI=1S/C16H23FN2O5S/c1-18(11-4-6-16(21)22)15(20)5-3-12-19(2)25(23,24)14-9-7-13(17)8-10-14/h7-10H,3-6,11-12H2,1-2H3,(H,21,22). The Balaban J connectivity index is 2.45. The minimum atomic E-state index is -3.72. The molecule has 7 nitrogen and oxygen atoms in total. The fraction of sp³-hybridized carbons (Fsp3) is 0.500. The molecule has 0 saturated carbocycles. The van der Waals surface area contributed by atoms with Crippen LogP contribution >= 0.6 is 0 Å². The van der Waals surface area contributed by atoms with Gasteiger partial charge in [0.15, 0.2) is 0 Å². The zero-order valence-electron chi connectivity index (χ0n) is 14.3. The van der Waals surface area contributed by atoms with Crippen molar-refractivity contribution in [3.8, 4) is 0 Å². The van der Waals surface area contributed by atoms with Crippen molar-refractivity contribution < 1.29 is 27.5 Å². The van der Waals surface area contributed by atoms with Gasteiger partial charge in [-0.1, -0.05) is 0 Å². The molecule has 0 aliphatic heterocycles. The predicted molar refractivity (Wildman–Crippen MR) is 90.0 cm³/mol. The molecule has 1 N–H and O–H groups in total. The first-order chi connectivity index (χ1) is 11.6. The Morgan fingerprint density at radius 2 is 1.60 bits per heavy atom. The summed E-state index contributed by atoms with van der Waals surface area (Å²) in [4.78, 5) is 23.8. The van der Waals surface area contributed by atoms with E-state index in [1.54, 1.807) is 7.05 Å². The summed E-state index contributed by atoms with van der Waals surface area (Å²) in [5.41, 5.74) is 0. The minimum Gasteiger partial charge on any atom is -0.481 e. The van der Waals surface area contributed by atoms with Gasteiger partial charge in [0.05, 0.1) is 4.90 Å². The van der Waals surface area contributed by atoms with Crippen molar-refractivity contribution in [3.63, 3.8) is 0 Å². The fourth-order valence-electron chi connectivity index (χ4n) is 2.14. The highest BCUT2D eigenvalue weighted by molar-refractivity contribution is 7.89. The molecule has 25 heavy (non-hydrogen) atoms. The van der Waals surface area contributed by atoms with E-state index in [-0.39, 0.29) is 30.2 Å². The maximum absolute atomic E-state index is 12.9.